The van der Waals surface area contributed by atoms with Crippen LogP contribution in [-0.4, -0.2) is 63.7 Å². The van der Waals surface area contributed by atoms with Gasteiger partial charge >= 0.3 is 18.0 Å². The zero-order valence-electron chi connectivity index (χ0n) is 20.9. The number of imide groups is 1. The maximum atomic E-state index is 13.3. The number of carbonyl (C=O) groups excluding carboxylic acids is 5. The number of hydroxylamine groups is 2. The van der Waals surface area contributed by atoms with Crippen molar-refractivity contribution in [2.75, 3.05) is 4.90 Å². The third-order valence-electron chi connectivity index (χ3n) is 5.96. The number of carboxylic acid groups (broad SMARTS) is 1. The molecule has 2 aromatic carbocycles. The number of benzene rings is 2. The molecule has 3 rings (SSSR count). The average molecular weight is 539 g/mol. The SMILES string of the molecule is CC(=O)[C@@H](C(=O)ON1C(=O)N[C@](C)(c2ccc(C(=N)N)cc2)C1=O)N(C(=O)[C@@H](N)CC(=O)O)c1ccccc1. The molecule has 2 aromatic rings. The molecule has 4 amide bonds. The molecule has 0 bridgehead atoms. The number of carboxylic acids is 1. The third kappa shape index (κ3) is 5.75. The number of aliphatic carboxylic acids is 1. The van der Waals surface area contributed by atoms with Gasteiger partial charge in [0.15, 0.2) is 11.8 Å². The first-order valence-electron chi connectivity index (χ1n) is 11.5. The van der Waals surface area contributed by atoms with Gasteiger partial charge in [-0.25, -0.2) is 9.59 Å². The van der Waals surface area contributed by atoms with Gasteiger partial charge in [0, 0.05) is 11.3 Å². The number of urea groups is 1. The lowest BCUT2D eigenvalue weighted by Gasteiger charge is -2.31. The zero-order chi connectivity index (χ0) is 29.1. The van der Waals surface area contributed by atoms with Gasteiger partial charge in [-0.2, -0.15) is 0 Å². The van der Waals surface area contributed by atoms with Crippen LogP contribution in [0.5, 0.6) is 0 Å². The standard InChI is InChI=1S/C25H26N6O8/c1-13(32)19(30(16-6-4-3-5-7-16)21(35)17(26)12-18(33)34)22(36)39-31-23(37)25(2,29-24(31)38)15-10-8-14(9-11-15)20(27)28/h3-11,17,19H,12,26H2,1-2H3,(H3,27,28)(H,29,38)(H,33,34)/t17-,19-,25+/m0/s1. The van der Waals surface area contributed by atoms with Crippen molar-refractivity contribution in [3.05, 3.63) is 65.7 Å². The number of amidine groups is 1. The molecule has 0 aromatic heterocycles. The number of nitrogens with one attached hydrogen (secondary N) is 2. The minimum absolute atomic E-state index is 0.0214. The van der Waals surface area contributed by atoms with Crippen LogP contribution >= 0.6 is 0 Å². The van der Waals surface area contributed by atoms with Crippen LogP contribution in [0.1, 0.15) is 31.4 Å². The van der Waals surface area contributed by atoms with Crippen molar-refractivity contribution in [3.63, 3.8) is 0 Å². The molecule has 1 fully saturated rings. The van der Waals surface area contributed by atoms with Crippen molar-refractivity contribution < 1.29 is 38.7 Å². The molecule has 204 valence electrons. The van der Waals surface area contributed by atoms with Crippen LogP contribution in [0.2, 0.25) is 0 Å². The Morgan fingerprint density at radius 2 is 1.69 bits per heavy atom. The zero-order valence-corrected chi connectivity index (χ0v) is 20.9. The van der Waals surface area contributed by atoms with Gasteiger partial charge in [0.1, 0.15) is 11.4 Å². The molecule has 3 atom stereocenters. The normalized spacial score (nSPS) is 18.1. The maximum absolute atomic E-state index is 13.3. The average Bonchev–Trinajstić information content (AvgIpc) is 3.10. The van der Waals surface area contributed by atoms with Crippen LogP contribution in [0.4, 0.5) is 10.5 Å². The molecule has 1 heterocycles. The van der Waals surface area contributed by atoms with E-state index in [0.29, 0.717) is 10.5 Å². The van der Waals surface area contributed by atoms with Crippen LogP contribution in [-0.2, 0) is 34.3 Å². The molecule has 14 heteroatoms. The van der Waals surface area contributed by atoms with E-state index in [4.69, 9.17) is 26.8 Å². The Labute approximate surface area is 221 Å². The van der Waals surface area contributed by atoms with E-state index in [1.165, 1.54) is 55.5 Å². The summed E-state index contributed by atoms with van der Waals surface area (Å²) in [5.74, 6) is -6.04. The topological polar surface area (TPSA) is 226 Å². The summed E-state index contributed by atoms with van der Waals surface area (Å²) in [7, 11) is 0. The lowest BCUT2D eigenvalue weighted by Crippen LogP contribution is -2.56. The Bertz CT molecular complexity index is 1350. The van der Waals surface area contributed by atoms with Gasteiger partial charge in [-0.15, -0.1) is 0 Å². The van der Waals surface area contributed by atoms with Crippen molar-refractivity contribution in [3.8, 4) is 0 Å². The molecule has 0 spiro atoms. The first kappa shape index (κ1) is 28.5. The lowest BCUT2D eigenvalue weighted by molar-refractivity contribution is -0.186. The number of carbonyl (C=O) groups is 6. The van der Waals surface area contributed by atoms with Crippen LogP contribution in [0.25, 0.3) is 0 Å². The van der Waals surface area contributed by atoms with Crippen molar-refractivity contribution in [1.82, 2.24) is 10.4 Å². The number of rotatable bonds is 10. The van der Waals surface area contributed by atoms with E-state index in [2.05, 4.69) is 5.32 Å². The first-order valence-corrected chi connectivity index (χ1v) is 11.5. The Morgan fingerprint density at radius 1 is 1.10 bits per heavy atom. The Hall–Kier alpha value is -5.11. The fourth-order valence-electron chi connectivity index (χ4n) is 3.91. The second-order valence-electron chi connectivity index (χ2n) is 8.82. The van der Waals surface area contributed by atoms with Crippen LogP contribution in [0, 0.1) is 5.41 Å². The summed E-state index contributed by atoms with van der Waals surface area (Å²) < 4.78 is 0. The quantitative estimate of drug-likeness (QED) is 0.118. The monoisotopic (exact) mass is 538 g/mol. The third-order valence-corrected chi connectivity index (χ3v) is 5.96. The number of nitrogens with zero attached hydrogens (tertiary/aromatic N) is 2. The van der Waals surface area contributed by atoms with E-state index in [1.54, 1.807) is 6.07 Å². The van der Waals surface area contributed by atoms with Crippen LogP contribution in [0.15, 0.2) is 54.6 Å². The molecule has 0 unspecified atom stereocenters. The van der Waals surface area contributed by atoms with Crippen molar-refractivity contribution >= 4 is 47.1 Å². The highest BCUT2D eigenvalue weighted by atomic mass is 16.7. The number of hydrogen-bond donors (Lipinski definition) is 5. The molecular weight excluding hydrogens is 512 g/mol. The fraction of sp³-hybridized carbons (Fsp3) is 0.240. The summed E-state index contributed by atoms with van der Waals surface area (Å²) in [5, 5.41) is 19.1. The molecule has 1 saturated heterocycles. The summed E-state index contributed by atoms with van der Waals surface area (Å²) in [5.41, 5.74) is 10.2. The van der Waals surface area contributed by atoms with Gasteiger partial charge in [-0.05, 0) is 31.5 Å². The van der Waals surface area contributed by atoms with Crippen LogP contribution in [0.3, 0.4) is 0 Å². The number of anilines is 1. The van der Waals surface area contributed by atoms with Gasteiger partial charge in [0.05, 0.1) is 12.5 Å². The second-order valence-corrected chi connectivity index (χ2v) is 8.82. The number of nitrogen functional groups attached to an aromatic ring is 1. The minimum atomic E-state index is -2.01. The maximum Gasteiger partial charge on any atom is 0.363 e. The number of nitrogens with two attached hydrogens (primary N) is 2. The lowest BCUT2D eigenvalue weighted by atomic mass is 9.91. The Balaban J connectivity index is 1.93. The van der Waals surface area contributed by atoms with Crippen LogP contribution < -0.4 is 21.7 Å². The van der Waals surface area contributed by atoms with Gasteiger partial charge in [0.25, 0.3) is 5.91 Å². The Kier molecular flexibility index (Phi) is 8.10. The molecule has 0 radical (unpaired) electrons. The highest BCUT2D eigenvalue weighted by molar-refractivity contribution is 6.15. The van der Waals surface area contributed by atoms with Gasteiger partial charge in [-0.3, -0.25) is 29.5 Å². The van der Waals surface area contributed by atoms with E-state index in [0.717, 1.165) is 6.92 Å². The predicted octanol–water partition coefficient (Wildman–Crippen LogP) is -0.0113. The molecule has 0 saturated carbocycles. The summed E-state index contributed by atoms with van der Waals surface area (Å²) in [6, 6.07) is 8.44. The van der Waals surface area contributed by atoms with E-state index in [-0.39, 0.29) is 22.1 Å². The highest BCUT2D eigenvalue weighted by Crippen LogP contribution is 2.30. The molecule has 1 aliphatic heterocycles. The number of Topliss-reactive ketones (excluding diaryl/α,β-unsaturated/α-hetero) is 1. The summed E-state index contributed by atoms with van der Waals surface area (Å²) in [4.78, 5) is 81.8. The van der Waals surface area contributed by atoms with Crippen molar-refractivity contribution in [2.24, 2.45) is 11.5 Å². The predicted molar refractivity (Wildman–Crippen MR) is 135 cm³/mol. The van der Waals surface area contributed by atoms with Gasteiger partial charge in [-0.1, -0.05) is 47.5 Å². The van der Waals surface area contributed by atoms with E-state index < -0.39 is 59.6 Å². The number of amides is 4. The molecule has 0 aliphatic carbocycles. The van der Waals surface area contributed by atoms with Gasteiger partial charge < -0.3 is 26.7 Å². The highest BCUT2D eigenvalue weighted by Gasteiger charge is 2.52. The van der Waals surface area contributed by atoms with E-state index in [9.17, 15) is 28.8 Å². The number of hydrogen-bond acceptors (Lipinski definition) is 9. The Morgan fingerprint density at radius 3 is 2.21 bits per heavy atom. The summed E-state index contributed by atoms with van der Waals surface area (Å²) in [6.07, 6.45) is -0.796. The van der Waals surface area contributed by atoms with Crippen molar-refractivity contribution in [2.45, 2.75) is 37.9 Å². The van der Waals surface area contributed by atoms with Crippen molar-refractivity contribution in [1.29, 1.82) is 5.41 Å². The molecule has 14 nitrogen and oxygen atoms in total. The fourth-order valence-corrected chi connectivity index (χ4v) is 3.91. The first-order chi connectivity index (χ1) is 18.3. The number of para-hydroxylation sites is 1. The smallest absolute Gasteiger partial charge is 0.363 e. The van der Waals surface area contributed by atoms with Gasteiger partial charge in [0.2, 0.25) is 5.91 Å². The molecular formula is C25H26N6O8. The van der Waals surface area contributed by atoms with E-state index in [1.807, 2.05) is 0 Å². The number of ketones is 1. The van der Waals surface area contributed by atoms with E-state index >= 15 is 0 Å². The largest absolute Gasteiger partial charge is 0.481 e. The molecule has 1 aliphatic rings. The minimum Gasteiger partial charge on any atom is -0.481 e. The summed E-state index contributed by atoms with van der Waals surface area (Å²) in [6.45, 7) is 2.33. The molecule has 7 N–H and O–H groups in total. The second kappa shape index (κ2) is 11.1. The molecule has 39 heavy (non-hydrogen) atoms. The summed E-state index contributed by atoms with van der Waals surface area (Å²) >= 11 is 0.